The van der Waals surface area contributed by atoms with Crippen LogP contribution < -0.4 is 10.1 Å². The van der Waals surface area contributed by atoms with Crippen molar-refractivity contribution in [3.8, 4) is 11.4 Å². The smallest absolute Gasteiger partial charge is 0.230 e. The highest BCUT2D eigenvalue weighted by atomic mass is 32.2. The Kier molecular flexibility index (Phi) is 5.91. The van der Waals surface area contributed by atoms with Crippen molar-refractivity contribution in [3.05, 3.63) is 66.0 Å². The van der Waals surface area contributed by atoms with Crippen molar-refractivity contribution in [1.29, 1.82) is 0 Å². The number of hydrogen-bond acceptors (Lipinski definition) is 5. The molecule has 1 N–H and O–H groups in total. The third-order valence-electron chi connectivity index (χ3n) is 3.81. The van der Waals surface area contributed by atoms with Gasteiger partial charge in [-0.3, -0.25) is 9.36 Å². The van der Waals surface area contributed by atoms with Crippen molar-refractivity contribution in [2.75, 3.05) is 12.9 Å². The second-order valence-electron chi connectivity index (χ2n) is 5.73. The highest BCUT2D eigenvalue weighted by molar-refractivity contribution is 7.99. The molecule has 1 aromatic heterocycles. The lowest BCUT2D eigenvalue weighted by atomic mass is 10.1. The van der Waals surface area contributed by atoms with E-state index in [1.165, 1.54) is 17.3 Å². The van der Waals surface area contributed by atoms with Crippen molar-refractivity contribution in [2.24, 2.45) is 0 Å². The quantitative estimate of drug-likeness (QED) is 0.649. The number of nitrogens with one attached hydrogen (secondary N) is 1. The number of nitrogens with zero attached hydrogens (tertiary/aromatic N) is 3. The lowest BCUT2D eigenvalue weighted by Gasteiger charge is -2.08. The van der Waals surface area contributed by atoms with Crippen molar-refractivity contribution < 1.29 is 9.53 Å². The predicted molar refractivity (Wildman–Crippen MR) is 102 cm³/mol. The minimum atomic E-state index is -0.0418. The molecule has 134 valence electrons. The first-order valence-electron chi connectivity index (χ1n) is 8.15. The number of aromatic nitrogens is 3. The Hall–Kier alpha value is -2.80. The van der Waals surface area contributed by atoms with Gasteiger partial charge in [0.15, 0.2) is 5.16 Å². The molecule has 3 aromatic rings. The van der Waals surface area contributed by atoms with Crippen LogP contribution in [0.1, 0.15) is 11.1 Å². The second kappa shape index (κ2) is 8.53. The zero-order valence-electron chi connectivity index (χ0n) is 14.7. The maximum Gasteiger partial charge on any atom is 0.230 e. The molecule has 0 saturated carbocycles. The van der Waals surface area contributed by atoms with Crippen LogP contribution in [0.2, 0.25) is 0 Å². The number of rotatable bonds is 7. The molecule has 0 aliphatic carbocycles. The van der Waals surface area contributed by atoms with Gasteiger partial charge < -0.3 is 10.1 Å². The number of carbonyl (C=O) groups is 1. The summed E-state index contributed by atoms with van der Waals surface area (Å²) in [5.74, 6) is 1.02. The molecule has 1 heterocycles. The average Bonchev–Trinajstić information content (AvgIpc) is 3.14. The Labute approximate surface area is 156 Å². The molecular weight excluding hydrogens is 348 g/mol. The van der Waals surface area contributed by atoms with E-state index >= 15 is 0 Å². The van der Waals surface area contributed by atoms with Gasteiger partial charge in [0.2, 0.25) is 5.91 Å². The molecule has 0 atom stereocenters. The topological polar surface area (TPSA) is 69.0 Å². The normalized spacial score (nSPS) is 10.5. The van der Waals surface area contributed by atoms with Gasteiger partial charge in [-0.25, -0.2) is 0 Å². The molecule has 0 aliphatic heterocycles. The highest BCUT2D eigenvalue weighted by Gasteiger charge is 2.10. The van der Waals surface area contributed by atoms with Gasteiger partial charge in [-0.2, -0.15) is 0 Å². The Bertz CT molecular complexity index is 860. The Morgan fingerprint density at radius 2 is 1.88 bits per heavy atom. The molecule has 3 rings (SSSR count). The van der Waals surface area contributed by atoms with Crippen molar-refractivity contribution in [3.63, 3.8) is 0 Å². The molecule has 7 heteroatoms. The summed E-state index contributed by atoms with van der Waals surface area (Å²) >= 11 is 1.35. The van der Waals surface area contributed by atoms with E-state index in [4.69, 9.17) is 4.74 Å². The first-order valence-corrected chi connectivity index (χ1v) is 9.14. The second-order valence-corrected chi connectivity index (χ2v) is 6.68. The van der Waals surface area contributed by atoms with Gasteiger partial charge in [0, 0.05) is 12.2 Å². The maximum absolute atomic E-state index is 12.1. The summed E-state index contributed by atoms with van der Waals surface area (Å²) in [5, 5.41) is 11.6. The van der Waals surface area contributed by atoms with E-state index in [9.17, 15) is 4.79 Å². The molecule has 0 radical (unpaired) electrons. The number of thioether (sulfide) groups is 1. The van der Waals surface area contributed by atoms with Gasteiger partial charge in [0.1, 0.15) is 12.1 Å². The van der Waals surface area contributed by atoms with Gasteiger partial charge in [-0.05, 0) is 36.8 Å². The number of aryl methyl sites for hydroxylation is 1. The summed E-state index contributed by atoms with van der Waals surface area (Å²) < 4.78 is 7.01. The van der Waals surface area contributed by atoms with Gasteiger partial charge in [-0.15, -0.1) is 10.2 Å². The molecule has 0 bridgehead atoms. The summed E-state index contributed by atoms with van der Waals surface area (Å²) in [5.41, 5.74) is 3.20. The van der Waals surface area contributed by atoms with Crippen LogP contribution in [-0.2, 0) is 11.3 Å². The summed E-state index contributed by atoms with van der Waals surface area (Å²) in [4.78, 5) is 12.1. The molecular formula is C19H20N4O2S. The summed E-state index contributed by atoms with van der Waals surface area (Å²) in [6, 6.07) is 15.7. The molecule has 0 saturated heterocycles. The van der Waals surface area contributed by atoms with Gasteiger partial charge in [0.05, 0.1) is 12.9 Å². The van der Waals surface area contributed by atoms with Crippen molar-refractivity contribution in [2.45, 2.75) is 18.6 Å². The van der Waals surface area contributed by atoms with Crippen LogP contribution >= 0.6 is 11.8 Å². The zero-order chi connectivity index (χ0) is 18.4. The highest BCUT2D eigenvalue weighted by Crippen LogP contribution is 2.21. The third-order valence-corrected chi connectivity index (χ3v) is 4.75. The fourth-order valence-electron chi connectivity index (χ4n) is 2.33. The third kappa shape index (κ3) is 4.64. The lowest BCUT2D eigenvalue weighted by molar-refractivity contribution is -0.118. The number of methoxy groups -OCH3 is 1. The molecule has 6 nitrogen and oxygen atoms in total. The number of amides is 1. The summed E-state index contributed by atoms with van der Waals surface area (Å²) in [7, 11) is 1.63. The molecule has 26 heavy (non-hydrogen) atoms. The number of carbonyl (C=O) groups excluding carboxylic acids is 1. The van der Waals surface area contributed by atoms with E-state index in [1.807, 2.05) is 60.0 Å². The molecule has 0 aliphatic rings. The Balaban J connectivity index is 1.55. The van der Waals surface area contributed by atoms with Gasteiger partial charge in [0.25, 0.3) is 0 Å². The fraction of sp³-hybridized carbons (Fsp3) is 0.211. The van der Waals surface area contributed by atoms with E-state index < -0.39 is 0 Å². The van der Waals surface area contributed by atoms with E-state index in [0.29, 0.717) is 11.7 Å². The molecule has 0 unspecified atom stereocenters. The number of hydrogen-bond donors (Lipinski definition) is 1. The number of ether oxygens (including phenoxy) is 1. The first kappa shape index (κ1) is 18.0. The number of benzene rings is 2. The van der Waals surface area contributed by atoms with Gasteiger partial charge in [-0.1, -0.05) is 41.6 Å². The van der Waals surface area contributed by atoms with Crippen LogP contribution in [-0.4, -0.2) is 33.5 Å². The largest absolute Gasteiger partial charge is 0.497 e. The predicted octanol–water partition coefficient (Wildman–Crippen LogP) is 2.99. The van der Waals surface area contributed by atoms with Crippen LogP contribution in [0.5, 0.6) is 5.75 Å². The van der Waals surface area contributed by atoms with Crippen LogP contribution in [0.3, 0.4) is 0 Å². The SMILES string of the molecule is COc1ccc(-n2cnnc2SCC(=O)NCc2ccc(C)cc2)cc1. The van der Waals surface area contributed by atoms with Crippen LogP contribution in [0.25, 0.3) is 5.69 Å². The molecule has 0 fully saturated rings. The van der Waals surface area contributed by atoms with Crippen LogP contribution in [0, 0.1) is 6.92 Å². The maximum atomic E-state index is 12.1. The van der Waals surface area contributed by atoms with Gasteiger partial charge >= 0.3 is 0 Å². The standard InChI is InChI=1S/C19H20N4O2S/c1-14-3-5-15(6-4-14)11-20-18(24)12-26-19-22-21-13-23(19)16-7-9-17(25-2)10-8-16/h3-10,13H,11-12H2,1-2H3,(H,20,24). The molecule has 2 aromatic carbocycles. The summed E-state index contributed by atoms with van der Waals surface area (Å²) in [6.45, 7) is 2.56. The Morgan fingerprint density at radius 1 is 1.15 bits per heavy atom. The van der Waals surface area contributed by atoms with E-state index in [2.05, 4.69) is 15.5 Å². The zero-order valence-corrected chi connectivity index (χ0v) is 15.5. The minimum Gasteiger partial charge on any atom is -0.497 e. The minimum absolute atomic E-state index is 0.0418. The summed E-state index contributed by atoms with van der Waals surface area (Å²) in [6.07, 6.45) is 1.63. The first-order chi connectivity index (χ1) is 12.7. The molecule has 1 amide bonds. The average molecular weight is 368 g/mol. The Morgan fingerprint density at radius 3 is 2.58 bits per heavy atom. The fourth-order valence-corrected chi connectivity index (χ4v) is 3.09. The van der Waals surface area contributed by atoms with Crippen LogP contribution in [0.15, 0.2) is 60.0 Å². The molecule has 0 spiro atoms. The van der Waals surface area contributed by atoms with E-state index in [1.54, 1.807) is 13.4 Å². The van der Waals surface area contributed by atoms with E-state index in [-0.39, 0.29) is 11.7 Å². The van der Waals surface area contributed by atoms with E-state index in [0.717, 1.165) is 17.0 Å². The van der Waals surface area contributed by atoms with Crippen molar-refractivity contribution in [1.82, 2.24) is 20.1 Å². The van der Waals surface area contributed by atoms with Crippen LogP contribution in [0.4, 0.5) is 0 Å². The monoisotopic (exact) mass is 368 g/mol. The lowest BCUT2D eigenvalue weighted by Crippen LogP contribution is -2.24. The van der Waals surface area contributed by atoms with Crippen molar-refractivity contribution >= 4 is 17.7 Å².